The monoisotopic (exact) mass is 576 g/mol. The number of benzene rings is 2. The molecule has 41 heavy (non-hydrogen) atoms. The third-order valence-corrected chi connectivity index (χ3v) is 8.14. The molecule has 1 aromatic heterocycles. The zero-order valence-electron chi connectivity index (χ0n) is 23.6. The fourth-order valence-corrected chi connectivity index (χ4v) is 5.49. The van der Waals surface area contributed by atoms with E-state index in [1.165, 1.54) is 28.4 Å². The van der Waals surface area contributed by atoms with Gasteiger partial charge in [-0.2, -0.15) is 0 Å². The van der Waals surface area contributed by atoms with E-state index in [1.807, 2.05) is 36.5 Å². The van der Waals surface area contributed by atoms with Crippen molar-refractivity contribution in [3.63, 3.8) is 0 Å². The van der Waals surface area contributed by atoms with Crippen LogP contribution in [0.25, 0.3) is 0 Å². The maximum absolute atomic E-state index is 14.0. The molecule has 10 heteroatoms. The van der Waals surface area contributed by atoms with Crippen molar-refractivity contribution in [2.75, 3.05) is 38.6 Å². The molecule has 2 heterocycles. The minimum Gasteiger partial charge on any atom is -0.508 e. The van der Waals surface area contributed by atoms with Crippen LogP contribution in [0.4, 0.5) is 5.69 Å². The van der Waals surface area contributed by atoms with E-state index in [0.717, 1.165) is 11.3 Å². The van der Waals surface area contributed by atoms with Crippen molar-refractivity contribution < 1.29 is 24.3 Å². The summed E-state index contributed by atoms with van der Waals surface area (Å²) in [6, 6.07) is 15.4. The van der Waals surface area contributed by atoms with Gasteiger partial charge in [0.2, 0.25) is 5.91 Å². The van der Waals surface area contributed by atoms with Crippen molar-refractivity contribution in [2.24, 2.45) is 0 Å². The predicted octanol–water partition coefficient (Wildman–Crippen LogP) is 3.58. The van der Waals surface area contributed by atoms with E-state index in [1.54, 1.807) is 48.2 Å². The van der Waals surface area contributed by atoms with E-state index in [0.29, 0.717) is 36.4 Å². The van der Waals surface area contributed by atoms with E-state index < -0.39 is 18.0 Å². The number of hydrogen-bond acceptors (Lipinski definition) is 7. The molecule has 0 spiro atoms. The Bertz CT molecular complexity index is 1360. The molecule has 2 N–H and O–H groups in total. The highest BCUT2D eigenvalue weighted by Gasteiger charge is 2.34. The fraction of sp³-hybridized carbons (Fsp3) is 0.355. The maximum atomic E-state index is 14.0. The minimum absolute atomic E-state index is 0.0884. The van der Waals surface area contributed by atoms with Crippen LogP contribution in [0.2, 0.25) is 0 Å². The first kappa shape index (κ1) is 29.8. The van der Waals surface area contributed by atoms with Crippen molar-refractivity contribution >= 4 is 40.5 Å². The van der Waals surface area contributed by atoms with Gasteiger partial charge >= 0.3 is 0 Å². The molecule has 1 saturated heterocycles. The van der Waals surface area contributed by atoms with Crippen molar-refractivity contribution in [3.8, 4) is 5.75 Å². The van der Waals surface area contributed by atoms with Crippen LogP contribution >= 0.6 is 11.3 Å². The summed E-state index contributed by atoms with van der Waals surface area (Å²) >= 11 is 1.34. The second kappa shape index (κ2) is 13.5. The molecule has 2 atom stereocenters. The minimum atomic E-state index is -0.944. The second-order valence-electron chi connectivity index (χ2n) is 10.4. The van der Waals surface area contributed by atoms with Crippen molar-refractivity contribution in [1.82, 2.24) is 15.1 Å². The summed E-state index contributed by atoms with van der Waals surface area (Å²) < 4.78 is 0. The second-order valence-corrected chi connectivity index (χ2v) is 11.4. The molecule has 4 rings (SSSR count). The van der Waals surface area contributed by atoms with Gasteiger partial charge in [-0.3, -0.25) is 19.2 Å². The number of carbonyl (C=O) groups is 4. The highest BCUT2D eigenvalue weighted by Crippen LogP contribution is 2.19. The molecule has 1 aliphatic rings. The molecular formula is C31H36N4O5S. The number of phenols is 1. The SMILES string of the molecule is CC1C(=O)CN(C(=O)c2cccs2)CCCCN1C(=O)[C@H](Cc1ccc(O)cc1)NC(=O)c1ccc(N(C)C)cc1. The van der Waals surface area contributed by atoms with E-state index in [9.17, 15) is 24.3 Å². The summed E-state index contributed by atoms with van der Waals surface area (Å²) in [5.41, 5.74) is 2.10. The molecule has 0 aliphatic carbocycles. The van der Waals surface area contributed by atoms with Gasteiger partial charge in [-0.25, -0.2) is 0 Å². The fourth-order valence-electron chi connectivity index (χ4n) is 4.80. The van der Waals surface area contributed by atoms with Gasteiger partial charge in [0.15, 0.2) is 5.78 Å². The number of nitrogens with zero attached hydrogens (tertiary/aromatic N) is 3. The Balaban J connectivity index is 1.55. The summed E-state index contributed by atoms with van der Waals surface area (Å²) in [7, 11) is 3.82. The van der Waals surface area contributed by atoms with Crippen molar-refractivity contribution in [1.29, 1.82) is 0 Å². The number of thiophene rings is 1. The zero-order valence-corrected chi connectivity index (χ0v) is 24.4. The van der Waals surface area contributed by atoms with E-state index in [-0.39, 0.29) is 36.3 Å². The van der Waals surface area contributed by atoms with Crippen LogP contribution in [0, 0.1) is 0 Å². The van der Waals surface area contributed by atoms with Crippen LogP contribution in [0.1, 0.15) is 45.4 Å². The number of Topliss-reactive ketones (excluding diaryl/α,β-unsaturated/α-hetero) is 1. The van der Waals surface area contributed by atoms with Gasteiger partial charge in [0.05, 0.1) is 17.5 Å². The lowest BCUT2D eigenvalue weighted by molar-refractivity contribution is -0.140. The van der Waals surface area contributed by atoms with Crippen LogP contribution in [-0.2, 0) is 16.0 Å². The molecular weight excluding hydrogens is 540 g/mol. The lowest BCUT2D eigenvalue weighted by Gasteiger charge is -2.32. The number of carbonyl (C=O) groups excluding carboxylic acids is 4. The highest BCUT2D eigenvalue weighted by molar-refractivity contribution is 7.12. The molecule has 0 radical (unpaired) electrons. The van der Waals surface area contributed by atoms with Crippen LogP contribution in [0.5, 0.6) is 5.75 Å². The van der Waals surface area contributed by atoms with Gasteiger partial charge in [0.1, 0.15) is 11.8 Å². The summed E-state index contributed by atoms with van der Waals surface area (Å²) in [4.78, 5) is 59.3. The number of amides is 3. The number of aromatic hydroxyl groups is 1. The molecule has 9 nitrogen and oxygen atoms in total. The molecule has 1 aliphatic heterocycles. The Morgan fingerprint density at radius 2 is 1.71 bits per heavy atom. The first-order valence-electron chi connectivity index (χ1n) is 13.7. The maximum Gasteiger partial charge on any atom is 0.264 e. The van der Waals surface area contributed by atoms with E-state index >= 15 is 0 Å². The van der Waals surface area contributed by atoms with Crippen LogP contribution in [0.3, 0.4) is 0 Å². The highest BCUT2D eigenvalue weighted by atomic mass is 32.1. The standard InChI is InChI=1S/C31H36N4O5S/c1-21-27(37)20-34(31(40)28-7-6-18-41-28)16-4-5-17-35(21)30(39)26(19-22-8-14-25(36)15-9-22)32-29(38)23-10-12-24(13-11-23)33(2)3/h6-15,18,21,26,36H,4-5,16-17,19-20H2,1-3H3,(H,32,38)/t21?,26-/m0/s1. The lowest BCUT2D eigenvalue weighted by atomic mass is 10.0. The molecule has 216 valence electrons. The lowest BCUT2D eigenvalue weighted by Crippen LogP contribution is -2.55. The van der Waals surface area contributed by atoms with Gasteiger partial charge in [0.25, 0.3) is 11.8 Å². The Kier molecular flexibility index (Phi) is 9.78. The summed E-state index contributed by atoms with van der Waals surface area (Å²) in [5.74, 6) is -1.08. The average molecular weight is 577 g/mol. The molecule has 0 bridgehead atoms. The van der Waals surface area contributed by atoms with Gasteiger partial charge in [-0.15, -0.1) is 11.3 Å². The van der Waals surface area contributed by atoms with Gasteiger partial charge < -0.3 is 25.1 Å². The Morgan fingerprint density at radius 3 is 2.34 bits per heavy atom. The molecule has 1 fully saturated rings. The summed E-state index contributed by atoms with van der Waals surface area (Å²) in [6.45, 7) is 2.34. The molecule has 0 saturated carbocycles. The Morgan fingerprint density at radius 1 is 1.02 bits per heavy atom. The molecule has 3 aromatic rings. The van der Waals surface area contributed by atoms with Gasteiger partial charge in [-0.05, 0) is 73.2 Å². The van der Waals surface area contributed by atoms with Gasteiger partial charge in [0, 0.05) is 44.9 Å². The van der Waals surface area contributed by atoms with E-state index in [2.05, 4.69) is 5.32 Å². The molecule has 2 aromatic carbocycles. The number of anilines is 1. The first-order chi connectivity index (χ1) is 19.6. The smallest absolute Gasteiger partial charge is 0.264 e. The van der Waals surface area contributed by atoms with Crippen LogP contribution in [-0.4, -0.2) is 84.2 Å². The topological polar surface area (TPSA) is 110 Å². The predicted molar refractivity (Wildman–Crippen MR) is 159 cm³/mol. The number of phenolic OH excluding ortho intramolecular Hbond substituents is 1. The quantitative estimate of drug-likeness (QED) is 0.445. The summed E-state index contributed by atoms with van der Waals surface area (Å²) in [5, 5.41) is 14.4. The van der Waals surface area contributed by atoms with E-state index in [4.69, 9.17) is 0 Å². The van der Waals surface area contributed by atoms with Gasteiger partial charge in [-0.1, -0.05) is 18.2 Å². The number of hydrogen-bond donors (Lipinski definition) is 2. The first-order valence-corrected chi connectivity index (χ1v) is 14.5. The normalized spacial score (nSPS) is 16.8. The van der Waals surface area contributed by atoms with Crippen LogP contribution < -0.4 is 10.2 Å². The third-order valence-electron chi connectivity index (χ3n) is 7.28. The Labute approximate surface area is 244 Å². The third kappa shape index (κ3) is 7.52. The average Bonchev–Trinajstić information content (AvgIpc) is 3.52. The Hall–Kier alpha value is -4.18. The molecule has 3 amide bonds. The largest absolute Gasteiger partial charge is 0.508 e. The van der Waals surface area contributed by atoms with Crippen molar-refractivity contribution in [3.05, 3.63) is 82.0 Å². The zero-order chi connectivity index (χ0) is 29.5. The number of nitrogens with one attached hydrogen (secondary N) is 1. The molecule has 1 unspecified atom stereocenters. The number of ketones is 1. The van der Waals surface area contributed by atoms with Crippen molar-refractivity contribution in [2.45, 2.75) is 38.3 Å². The summed E-state index contributed by atoms with van der Waals surface area (Å²) in [6.07, 6.45) is 1.42. The van der Waals surface area contributed by atoms with Crippen LogP contribution in [0.15, 0.2) is 66.0 Å². The number of rotatable bonds is 7.